The highest BCUT2D eigenvalue weighted by Gasteiger charge is 2.27. The molecule has 0 amide bonds. The fourth-order valence-corrected chi connectivity index (χ4v) is 3.13. The van der Waals surface area contributed by atoms with E-state index in [1.807, 2.05) is 0 Å². The molecule has 82 valence electrons. The van der Waals surface area contributed by atoms with Crippen molar-refractivity contribution >= 4 is 16.1 Å². The zero-order chi connectivity index (χ0) is 10.7. The lowest BCUT2D eigenvalue weighted by Crippen LogP contribution is -2.25. The van der Waals surface area contributed by atoms with Crippen molar-refractivity contribution in [2.24, 2.45) is 5.10 Å². The Hall–Kier alpha value is -1.30. The molecule has 0 saturated carbocycles. The van der Waals surface area contributed by atoms with Gasteiger partial charge in [0.25, 0.3) is 0 Å². The van der Waals surface area contributed by atoms with Crippen molar-refractivity contribution in [1.82, 2.24) is 5.43 Å². The lowest BCUT2D eigenvalue weighted by Gasteiger charge is -2.04. The maximum atomic E-state index is 11.1. The molecule has 15 heavy (non-hydrogen) atoms. The first-order valence-corrected chi connectivity index (χ1v) is 6.50. The number of rotatable bonds is 3. The second kappa shape index (κ2) is 4.06. The Bertz CT molecular complexity index is 436. The molecule has 1 atom stereocenters. The maximum absolute atomic E-state index is 11.1. The molecule has 1 aromatic rings. The molecular formula is C9H12N2O3S. The highest BCUT2D eigenvalue weighted by Crippen LogP contribution is 2.10. The van der Waals surface area contributed by atoms with Crippen LogP contribution in [0.4, 0.5) is 0 Å². The van der Waals surface area contributed by atoms with Crippen LogP contribution in [-0.2, 0) is 9.84 Å². The summed E-state index contributed by atoms with van der Waals surface area (Å²) in [5.74, 6) is 1.06. The summed E-state index contributed by atoms with van der Waals surface area (Å²) in [6.45, 7) is 0. The summed E-state index contributed by atoms with van der Waals surface area (Å²) < 4.78 is 27.3. The van der Waals surface area contributed by atoms with E-state index in [1.54, 1.807) is 18.4 Å². The molecule has 0 aliphatic carbocycles. The van der Waals surface area contributed by atoms with E-state index in [0.717, 1.165) is 0 Å². The van der Waals surface area contributed by atoms with Gasteiger partial charge in [0.05, 0.1) is 30.0 Å². The number of hydrazone groups is 1. The zero-order valence-electron chi connectivity index (χ0n) is 8.09. The average molecular weight is 228 g/mol. The lowest BCUT2D eigenvalue weighted by molar-refractivity contribution is 0.553. The van der Waals surface area contributed by atoms with Crippen LogP contribution in [0.25, 0.3) is 0 Å². The molecule has 2 heterocycles. The van der Waals surface area contributed by atoms with Gasteiger partial charge in [0, 0.05) is 0 Å². The van der Waals surface area contributed by atoms with E-state index in [9.17, 15) is 8.42 Å². The van der Waals surface area contributed by atoms with Crippen molar-refractivity contribution in [3.63, 3.8) is 0 Å². The highest BCUT2D eigenvalue weighted by atomic mass is 32.2. The topological polar surface area (TPSA) is 71.7 Å². The van der Waals surface area contributed by atoms with E-state index in [0.29, 0.717) is 12.2 Å². The van der Waals surface area contributed by atoms with Crippen LogP contribution in [-0.4, -0.2) is 32.2 Å². The highest BCUT2D eigenvalue weighted by molar-refractivity contribution is 7.91. The fourth-order valence-electron chi connectivity index (χ4n) is 1.47. The van der Waals surface area contributed by atoms with Crippen LogP contribution in [0.5, 0.6) is 0 Å². The minimum absolute atomic E-state index is 0.0683. The third-order valence-corrected chi connectivity index (χ3v) is 3.99. The Balaban J connectivity index is 1.85. The summed E-state index contributed by atoms with van der Waals surface area (Å²) in [6.07, 6.45) is 3.71. The number of sulfone groups is 1. The summed E-state index contributed by atoms with van der Waals surface area (Å²) in [4.78, 5) is 0. The number of nitrogens with one attached hydrogen (secondary N) is 1. The van der Waals surface area contributed by atoms with Crippen molar-refractivity contribution < 1.29 is 12.8 Å². The van der Waals surface area contributed by atoms with Gasteiger partial charge in [-0.3, -0.25) is 0 Å². The molecule has 5 nitrogen and oxygen atoms in total. The first kappa shape index (κ1) is 10.2. The minimum Gasteiger partial charge on any atom is -0.463 e. The van der Waals surface area contributed by atoms with Crippen molar-refractivity contribution in [3.8, 4) is 0 Å². The van der Waals surface area contributed by atoms with Crippen LogP contribution in [0, 0.1) is 0 Å². The molecule has 1 N–H and O–H groups in total. The molecule has 1 aromatic heterocycles. The van der Waals surface area contributed by atoms with Gasteiger partial charge in [-0.1, -0.05) is 0 Å². The Morgan fingerprint density at radius 2 is 2.47 bits per heavy atom. The summed E-state index contributed by atoms with van der Waals surface area (Å²) in [5, 5.41) is 3.93. The molecule has 0 spiro atoms. The monoisotopic (exact) mass is 228 g/mol. The smallest absolute Gasteiger partial charge is 0.152 e. The summed E-state index contributed by atoms with van der Waals surface area (Å²) in [7, 11) is -2.84. The molecule has 0 bridgehead atoms. The summed E-state index contributed by atoms with van der Waals surface area (Å²) in [5.41, 5.74) is 2.81. The molecule has 1 saturated heterocycles. The van der Waals surface area contributed by atoms with E-state index in [1.165, 1.54) is 6.21 Å². The third-order valence-electron chi connectivity index (χ3n) is 2.22. The van der Waals surface area contributed by atoms with Gasteiger partial charge in [-0.25, -0.2) is 8.42 Å². The molecule has 1 aliphatic rings. The average Bonchev–Trinajstić information content (AvgIpc) is 2.76. The van der Waals surface area contributed by atoms with Gasteiger partial charge in [0.1, 0.15) is 5.76 Å². The Morgan fingerprint density at radius 1 is 1.60 bits per heavy atom. The van der Waals surface area contributed by atoms with Gasteiger partial charge >= 0.3 is 0 Å². The molecule has 1 fully saturated rings. The molecule has 0 aromatic carbocycles. The van der Waals surface area contributed by atoms with Crippen molar-refractivity contribution in [1.29, 1.82) is 0 Å². The van der Waals surface area contributed by atoms with Crippen molar-refractivity contribution in [2.45, 2.75) is 12.5 Å². The number of hydrogen-bond donors (Lipinski definition) is 1. The first-order chi connectivity index (χ1) is 7.16. The molecule has 1 aliphatic heterocycles. The quantitative estimate of drug-likeness (QED) is 0.600. The maximum Gasteiger partial charge on any atom is 0.152 e. The second-order valence-corrected chi connectivity index (χ2v) is 5.73. The third kappa shape index (κ3) is 2.82. The summed E-state index contributed by atoms with van der Waals surface area (Å²) >= 11 is 0. The van der Waals surface area contributed by atoms with Gasteiger partial charge in [-0.2, -0.15) is 5.10 Å². The van der Waals surface area contributed by atoms with E-state index in [4.69, 9.17) is 4.42 Å². The normalized spacial score (nSPS) is 24.7. The molecule has 6 heteroatoms. The van der Waals surface area contributed by atoms with Crippen LogP contribution in [0.3, 0.4) is 0 Å². The Morgan fingerprint density at radius 3 is 3.07 bits per heavy atom. The van der Waals surface area contributed by atoms with Crippen LogP contribution in [0.1, 0.15) is 12.2 Å². The van der Waals surface area contributed by atoms with Gasteiger partial charge in [0.15, 0.2) is 9.84 Å². The minimum atomic E-state index is -2.84. The first-order valence-electron chi connectivity index (χ1n) is 4.68. The largest absolute Gasteiger partial charge is 0.463 e. The van der Waals surface area contributed by atoms with E-state index in [-0.39, 0.29) is 17.5 Å². The number of hydrogen-bond acceptors (Lipinski definition) is 5. The molecule has 0 radical (unpaired) electrons. The molecule has 1 unspecified atom stereocenters. The van der Waals surface area contributed by atoms with Crippen LogP contribution >= 0.6 is 0 Å². The van der Waals surface area contributed by atoms with E-state index in [2.05, 4.69) is 10.5 Å². The van der Waals surface area contributed by atoms with Crippen LogP contribution in [0.15, 0.2) is 27.9 Å². The van der Waals surface area contributed by atoms with Crippen LogP contribution in [0.2, 0.25) is 0 Å². The zero-order valence-corrected chi connectivity index (χ0v) is 8.90. The molecular weight excluding hydrogens is 216 g/mol. The van der Waals surface area contributed by atoms with E-state index >= 15 is 0 Å². The van der Waals surface area contributed by atoms with Crippen molar-refractivity contribution in [3.05, 3.63) is 24.2 Å². The second-order valence-electron chi connectivity index (χ2n) is 3.50. The predicted octanol–water partition coefficient (Wildman–Crippen LogP) is 0.390. The number of nitrogens with zero attached hydrogens (tertiary/aromatic N) is 1. The predicted molar refractivity (Wildman–Crippen MR) is 56.5 cm³/mol. The van der Waals surface area contributed by atoms with Crippen molar-refractivity contribution in [2.75, 3.05) is 11.5 Å². The van der Waals surface area contributed by atoms with Gasteiger partial charge < -0.3 is 9.84 Å². The van der Waals surface area contributed by atoms with Gasteiger partial charge in [-0.15, -0.1) is 0 Å². The van der Waals surface area contributed by atoms with Gasteiger partial charge in [-0.05, 0) is 18.6 Å². The Labute approximate surface area is 88.1 Å². The Kier molecular flexibility index (Phi) is 2.77. The lowest BCUT2D eigenvalue weighted by atomic mass is 10.3. The standard InChI is InChI=1S/C9H12N2O3S/c12-15(13)5-3-8(7-15)11-10-6-9-2-1-4-14-9/h1-2,4,6,8,11H,3,5,7H2/b10-6+. The van der Waals surface area contributed by atoms with Crippen LogP contribution < -0.4 is 5.43 Å². The van der Waals surface area contributed by atoms with Gasteiger partial charge in [0.2, 0.25) is 0 Å². The summed E-state index contributed by atoms with van der Waals surface area (Å²) in [6, 6.07) is 3.47. The fraction of sp³-hybridized carbons (Fsp3) is 0.444. The number of furan rings is 1. The SMILES string of the molecule is O=S1(=O)CCC(N/N=C/c2ccco2)C1. The molecule has 2 rings (SSSR count). The van der Waals surface area contributed by atoms with E-state index < -0.39 is 9.84 Å².